The number of halogens is 1. The van der Waals surface area contributed by atoms with Crippen molar-refractivity contribution in [1.29, 1.82) is 0 Å². The summed E-state index contributed by atoms with van der Waals surface area (Å²) in [5.74, 6) is -0.122. The van der Waals surface area contributed by atoms with E-state index in [4.69, 9.17) is 11.6 Å². The maximum absolute atomic E-state index is 12.3. The number of carbonyl (C=O) groups is 1. The highest BCUT2D eigenvalue weighted by Gasteiger charge is 2.13. The molecule has 2 nitrogen and oxygen atoms in total. The molecule has 0 radical (unpaired) electrons. The van der Waals surface area contributed by atoms with Crippen molar-refractivity contribution in [2.24, 2.45) is 0 Å². The van der Waals surface area contributed by atoms with Crippen LogP contribution in [-0.4, -0.2) is 5.91 Å². The topological polar surface area (TPSA) is 29.1 Å². The Morgan fingerprint density at radius 1 is 1.00 bits per heavy atom. The van der Waals surface area contributed by atoms with Crippen molar-refractivity contribution in [1.82, 2.24) is 5.32 Å². The number of amides is 1. The molecule has 3 heteroatoms. The SMILES string of the molecule is C[C@@H](NC(=O)c1cccc(Cl)c1)c1cccc2ccccc12. The van der Waals surface area contributed by atoms with Crippen molar-refractivity contribution in [2.75, 3.05) is 0 Å². The van der Waals surface area contributed by atoms with Crippen LogP contribution in [0.15, 0.2) is 66.7 Å². The minimum absolute atomic E-state index is 0.0856. The summed E-state index contributed by atoms with van der Waals surface area (Å²) in [4.78, 5) is 12.3. The van der Waals surface area contributed by atoms with Gasteiger partial charge in [-0.05, 0) is 41.5 Å². The molecule has 110 valence electrons. The molecule has 0 fully saturated rings. The van der Waals surface area contributed by atoms with E-state index in [0.717, 1.165) is 10.9 Å². The fourth-order valence-electron chi connectivity index (χ4n) is 2.62. The fraction of sp³-hybridized carbons (Fsp3) is 0.105. The molecule has 3 rings (SSSR count). The molecule has 3 aromatic carbocycles. The molecule has 0 spiro atoms. The molecule has 0 aliphatic heterocycles. The van der Waals surface area contributed by atoms with Crippen LogP contribution < -0.4 is 5.32 Å². The van der Waals surface area contributed by atoms with Crippen LogP contribution in [0.2, 0.25) is 5.02 Å². The van der Waals surface area contributed by atoms with E-state index in [1.165, 1.54) is 5.39 Å². The van der Waals surface area contributed by atoms with Crippen molar-refractivity contribution in [2.45, 2.75) is 13.0 Å². The van der Waals surface area contributed by atoms with Gasteiger partial charge in [-0.1, -0.05) is 60.1 Å². The molecule has 1 N–H and O–H groups in total. The smallest absolute Gasteiger partial charge is 0.251 e. The summed E-state index contributed by atoms with van der Waals surface area (Å²) in [6.07, 6.45) is 0. The molecule has 0 saturated carbocycles. The lowest BCUT2D eigenvalue weighted by molar-refractivity contribution is 0.0940. The Bertz CT molecular complexity index is 823. The summed E-state index contributed by atoms with van der Waals surface area (Å²) in [6.45, 7) is 1.99. The maximum atomic E-state index is 12.3. The first-order valence-corrected chi connectivity index (χ1v) is 7.57. The number of fused-ring (bicyclic) bond motifs is 1. The standard InChI is InChI=1S/C19H16ClNO/c1-13(21-19(22)15-8-4-9-16(20)12-15)17-11-5-7-14-6-2-3-10-18(14)17/h2-13H,1H3,(H,21,22)/t13-/m1/s1. The number of carbonyl (C=O) groups excluding carboxylic acids is 1. The van der Waals surface area contributed by atoms with Crippen LogP contribution in [0.5, 0.6) is 0 Å². The summed E-state index contributed by atoms with van der Waals surface area (Å²) in [7, 11) is 0. The Kier molecular flexibility index (Phi) is 4.12. The quantitative estimate of drug-likeness (QED) is 0.726. The molecule has 22 heavy (non-hydrogen) atoms. The third kappa shape index (κ3) is 2.97. The van der Waals surface area contributed by atoms with Crippen molar-refractivity contribution in [3.63, 3.8) is 0 Å². The summed E-state index contributed by atoms with van der Waals surface area (Å²) in [6, 6.07) is 21.2. The molecule has 0 bridgehead atoms. The van der Waals surface area contributed by atoms with Crippen molar-refractivity contribution in [3.8, 4) is 0 Å². The zero-order valence-corrected chi connectivity index (χ0v) is 13.0. The first-order valence-electron chi connectivity index (χ1n) is 7.19. The predicted molar refractivity (Wildman–Crippen MR) is 91.3 cm³/mol. The zero-order valence-electron chi connectivity index (χ0n) is 12.2. The van der Waals surface area contributed by atoms with Crippen LogP contribution in [0.4, 0.5) is 0 Å². The van der Waals surface area contributed by atoms with Gasteiger partial charge in [-0.25, -0.2) is 0 Å². The Hall–Kier alpha value is -2.32. The van der Waals surface area contributed by atoms with Crippen molar-refractivity contribution >= 4 is 28.3 Å². The molecule has 0 unspecified atom stereocenters. The lowest BCUT2D eigenvalue weighted by Crippen LogP contribution is -2.26. The van der Waals surface area contributed by atoms with Crippen LogP contribution in [0.3, 0.4) is 0 Å². The number of rotatable bonds is 3. The molecule has 0 aliphatic rings. The van der Waals surface area contributed by atoms with E-state index in [9.17, 15) is 4.79 Å². The van der Waals surface area contributed by atoms with Crippen LogP contribution in [0.25, 0.3) is 10.8 Å². The van der Waals surface area contributed by atoms with Gasteiger partial charge >= 0.3 is 0 Å². The minimum atomic E-state index is -0.122. The van der Waals surface area contributed by atoms with E-state index >= 15 is 0 Å². The van der Waals surface area contributed by atoms with E-state index in [-0.39, 0.29) is 11.9 Å². The van der Waals surface area contributed by atoms with E-state index < -0.39 is 0 Å². The van der Waals surface area contributed by atoms with Gasteiger partial charge in [0.1, 0.15) is 0 Å². The van der Waals surface area contributed by atoms with Crippen LogP contribution in [0, 0.1) is 0 Å². The van der Waals surface area contributed by atoms with Gasteiger partial charge in [-0.2, -0.15) is 0 Å². The number of hydrogen-bond donors (Lipinski definition) is 1. The highest BCUT2D eigenvalue weighted by molar-refractivity contribution is 6.30. The number of benzene rings is 3. The molecular formula is C19H16ClNO. The van der Waals surface area contributed by atoms with E-state index in [1.54, 1.807) is 24.3 Å². The average molecular weight is 310 g/mol. The molecular weight excluding hydrogens is 294 g/mol. The second-order valence-electron chi connectivity index (χ2n) is 5.27. The largest absolute Gasteiger partial charge is 0.345 e. The monoisotopic (exact) mass is 309 g/mol. The number of hydrogen-bond acceptors (Lipinski definition) is 1. The third-order valence-electron chi connectivity index (χ3n) is 3.72. The molecule has 1 amide bonds. The average Bonchev–Trinajstić information content (AvgIpc) is 2.54. The molecule has 0 aromatic heterocycles. The first-order chi connectivity index (χ1) is 10.6. The van der Waals surface area contributed by atoms with Crippen LogP contribution in [-0.2, 0) is 0 Å². The molecule has 3 aromatic rings. The van der Waals surface area contributed by atoms with Gasteiger partial charge in [0.05, 0.1) is 6.04 Å². The normalized spacial score (nSPS) is 12.1. The summed E-state index contributed by atoms with van der Waals surface area (Å²) in [5.41, 5.74) is 1.67. The molecule has 0 heterocycles. The summed E-state index contributed by atoms with van der Waals surface area (Å²) in [5, 5.41) is 5.92. The Labute approximate surface area is 134 Å². The Morgan fingerprint density at radius 2 is 1.73 bits per heavy atom. The first kappa shape index (κ1) is 14.6. The maximum Gasteiger partial charge on any atom is 0.251 e. The van der Waals surface area contributed by atoms with Crippen LogP contribution >= 0.6 is 11.6 Å². The van der Waals surface area contributed by atoms with Gasteiger partial charge < -0.3 is 5.32 Å². The highest BCUT2D eigenvalue weighted by Crippen LogP contribution is 2.24. The lowest BCUT2D eigenvalue weighted by atomic mass is 9.99. The second kappa shape index (κ2) is 6.20. The van der Waals surface area contributed by atoms with E-state index in [0.29, 0.717) is 10.6 Å². The summed E-state index contributed by atoms with van der Waals surface area (Å²) < 4.78 is 0. The van der Waals surface area contributed by atoms with Crippen molar-refractivity contribution < 1.29 is 4.79 Å². The van der Waals surface area contributed by atoms with Crippen molar-refractivity contribution in [3.05, 3.63) is 82.9 Å². The minimum Gasteiger partial charge on any atom is -0.345 e. The number of nitrogens with one attached hydrogen (secondary N) is 1. The molecule has 1 atom stereocenters. The Morgan fingerprint density at radius 3 is 2.55 bits per heavy atom. The second-order valence-corrected chi connectivity index (χ2v) is 5.71. The van der Waals surface area contributed by atoms with Gasteiger partial charge in [-0.15, -0.1) is 0 Å². The lowest BCUT2D eigenvalue weighted by Gasteiger charge is -2.16. The van der Waals surface area contributed by atoms with Gasteiger partial charge in [-0.3, -0.25) is 4.79 Å². The third-order valence-corrected chi connectivity index (χ3v) is 3.96. The molecule has 0 saturated heterocycles. The zero-order chi connectivity index (χ0) is 15.5. The summed E-state index contributed by atoms with van der Waals surface area (Å²) >= 11 is 5.94. The van der Waals surface area contributed by atoms with E-state index in [2.05, 4.69) is 23.5 Å². The van der Waals surface area contributed by atoms with Gasteiger partial charge in [0.15, 0.2) is 0 Å². The Balaban J connectivity index is 1.87. The predicted octanol–water partition coefficient (Wildman–Crippen LogP) is 4.98. The van der Waals surface area contributed by atoms with Gasteiger partial charge in [0.2, 0.25) is 0 Å². The van der Waals surface area contributed by atoms with Gasteiger partial charge in [0.25, 0.3) is 5.91 Å². The highest BCUT2D eigenvalue weighted by atomic mass is 35.5. The molecule has 0 aliphatic carbocycles. The van der Waals surface area contributed by atoms with Gasteiger partial charge in [0, 0.05) is 10.6 Å². The van der Waals surface area contributed by atoms with E-state index in [1.807, 2.05) is 31.2 Å². The fourth-order valence-corrected chi connectivity index (χ4v) is 2.81. The van der Waals surface area contributed by atoms with Crippen LogP contribution in [0.1, 0.15) is 28.9 Å².